The molecule has 9 heteroatoms. The van der Waals surface area contributed by atoms with Gasteiger partial charge in [0.05, 0.1) is 6.20 Å². The maximum Gasteiger partial charge on any atom is 0.408 e. The van der Waals surface area contributed by atoms with Gasteiger partial charge in [0.25, 0.3) is 0 Å². The summed E-state index contributed by atoms with van der Waals surface area (Å²) in [5.74, 6) is 0.876. The largest absolute Gasteiger partial charge is 0.465 e. The van der Waals surface area contributed by atoms with Gasteiger partial charge in [0.1, 0.15) is 17.5 Å². The third kappa shape index (κ3) is 5.48. The van der Waals surface area contributed by atoms with E-state index in [1.54, 1.807) is 0 Å². The minimum atomic E-state index is -0.926. The zero-order valence-corrected chi connectivity index (χ0v) is 20.4. The van der Waals surface area contributed by atoms with Crippen LogP contribution in [-0.2, 0) is 6.42 Å². The number of nitriles is 1. The molecule has 176 valence electrons. The van der Waals surface area contributed by atoms with Crippen LogP contribution in [0, 0.1) is 16.7 Å². The van der Waals surface area contributed by atoms with Crippen molar-refractivity contribution in [2.45, 2.75) is 65.1 Å². The number of aromatic nitrogens is 2. The van der Waals surface area contributed by atoms with E-state index in [2.05, 4.69) is 26.7 Å². The minimum absolute atomic E-state index is 0.0342. The van der Waals surface area contributed by atoms with Gasteiger partial charge >= 0.3 is 6.09 Å². The highest BCUT2D eigenvalue weighted by Crippen LogP contribution is 2.47. The molecule has 3 rings (SSSR count). The third-order valence-corrected chi connectivity index (χ3v) is 6.50. The molecule has 33 heavy (non-hydrogen) atoms. The standard InChI is InChI=1S/C24H31ClN6O2/c1-23(2,3)31(22(32)33)19-12-18(24(19,4)5)29-20-16(13-26)14-28-21(30-20)27-10-9-15-7-6-8-17(25)11-15/h6-8,11,14,18-19H,9-10,12H2,1-5H3,(H,32,33)(H2,27,28,29,30)/t18-,19-/m0/s1. The third-order valence-electron chi connectivity index (χ3n) is 6.26. The van der Waals surface area contributed by atoms with Crippen LogP contribution in [-0.4, -0.2) is 50.2 Å². The Hall–Kier alpha value is -3.05. The number of hydrogen-bond acceptors (Lipinski definition) is 6. The SMILES string of the molecule is CC1(C)[C@@H](Nc2nc(NCCc3cccc(Cl)c3)ncc2C#N)C[C@@H]1N(C(=O)O)C(C)(C)C. The zero-order valence-electron chi connectivity index (χ0n) is 19.7. The van der Waals surface area contributed by atoms with Gasteiger partial charge in [-0.05, 0) is 51.3 Å². The number of anilines is 2. The van der Waals surface area contributed by atoms with Crippen LogP contribution >= 0.6 is 11.6 Å². The monoisotopic (exact) mass is 470 g/mol. The molecule has 0 aliphatic heterocycles. The van der Waals surface area contributed by atoms with Gasteiger partial charge in [0.15, 0.2) is 0 Å². The van der Waals surface area contributed by atoms with Crippen LogP contribution in [0.1, 0.15) is 52.2 Å². The Kier molecular flexibility index (Phi) is 7.03. The van der Waals surface area contributed by atoms with E-state index in [9.17, 15) is 15.2 Å². The molecule has 1 aromatic carbocycles. The van der Waals surface area contributed by atoms with Crippen LogP contribution in [0.3, 0.4) is 0 Å². The van der Waals surface area contributed by atoms with Crippen molar-refractivity contribution in [3.63, 3.8) is 0 Å². The summed E-state index contributed by atoms with van der Waals surface area (Å²) in [6.45, 7) is 10.4. The quantitative estimate of drug-likeness (QED) is 0.520. The van der Waals surface area contributed by atoms with Gasteiger partial charge in [-0.15, -0.1) is 0 Å². The van der Waals surface area contributed by atoms with E-state index >= 15 is 0 Å². The number of amides is 1. The molecule has 1 aliphatic carbocycles. The zero-order chi connectivity index (χ0) is 24.4. The number of hydrogen-bond donors (Lipinski definition) is 3. The summed E-state index contributed by atoms with van der Waals surface area (Å²) in [4.78, 5) is 22.2. The molecule has 0 saturated heterocycles. The number of halogens is 1. The molecule has 3 N–H and O–H groups in total. The predicted molar refractivity (Wildman–Crippen MR) is 130 cm³/mol. The Morgan fingerprint density at radius 1 is 1.39 bits per heavy atom. The molecule has 0 unspecified atom stereocenters. The van der Waals surface area contributed by atoms with Crippen LogP contribution in [0.2, 0.25) is 5.02 Å². The fraction of sp³-hybridized carbons (Fsp3) is 0.500. The van der Waals surface area contributed by atoms with Crippen molar-refractivity contribution >= 4 is 29.5 Å². The molecule has 1 aromatic heterocycles. The normalized spacial score (nSPS) is 19.2. The summed E-state index contributed by atoms with van der Waals surface area (Å²) in [6.07, 6.45) is 1.95. The van der Waals surface area contributed by atoms with Gasteiger partial charge in [-0.1, -0.05) is 37.6 Å². The van der Waals surface area contributed by atoms with Crippen LogP contribution in [0.25, 0.3) is 0 Å². The van der Waals surface area contributed by atoms with Crippen molar-refractivity contribution in [3.05, 3.63) is 46.6 Å². The van der Waals surface area contributed by atoms with Crippen LogP contribution in [0.15, 0.2) is 30.5 Å². The second-order valence-electron chi connectivity index (χ2n) is 9.97. The van der Waals surface area contributed by atoms with E-state index in [1.165, 1.54) is 11.1 Å². The van der Waals surface area contributed by atoms with Crippen molar-refractivity contribution in [2.75, 3.05) is 17.2 Å². The lowest BCUT2D eigenvalue weighted by molar-refractivity contribution is -0.0434. The maximum atomic E-state index is 11.9. The average molecular weight is 471 g/mol. The number of carbonyl (C=O) groups is 1. The lowest BCUT2D eigenvalue weighted by Crippen LogP contribution is -2.68. The Bertz CT molecular complexity index is 1060. The lowest BCUT2D eigenvalue weighted by atomic mass is 9.61. The van der Waals surface area contributed by atoms with E-state index < -0.39 is 11.6 Å². The highest BCUT2D eigenvalue weighted by molar-refractivity contribution is 6.30. The Labute approximate surface area is 200 Å². The van der Waals surface area contributed by atoms with Crippen molar-refractivity contribution in [2.24, 2.45) is 5.41 Å². The summed E-state index contributed by atoms with van der Waals surface area (Å²) >= 11 is 6.04. The fourth-order valence-electron chi connectivity index (χ4n) is 4.31. The minimum Gasteiger partial charge on any atom is -0.465 e. The van der Waals surface area contributed by atoms with E-state index in [0.717, 1.165) is 12.0 Å². The summed E-state index contributed by atoms with van der Waals surface area (Å²) in [7, 11) is 0. The van der Waals surface area contributed by atoms with Crippen LogP contribution < -0.4 is 10.6 Å². The topological polar surface area (TPSA) is 114 Å². The van der Waals surface area contributed by atoms with Crippen molar-refractivity contribution in [3.8, 4) is 6.07 Å². The van der Waals surface area contributed by atoms with Gasteiger partial charge in [-0.2, -0.15) is 10.2 Å². The summed E-state index contributed by atoms with van der Waals surface area (Å²) in [5.41, 5.74) is 0.598. The number of benzene rings is 1. The molecule has 1 amide bonds. The fourth-order valence-corrected chi connectivity index (χ4v) is 4.52. The molecule has 2 atom stereocenters. The Balaban J connectivity index is 1.69. The van der Waals surface area contributed by atoms with Gasteiger partial charge in [-0.3, -0.25) is 4.90 Å². The summed E-state index contributed by atoms with van der Waals surface area (Å²) in [5, 5.41) is 26.6. The van der Waals surface area contributed by atoms with Gasteiger partial charge < -0.3 is 15.7 Å². The number of rotatable bonds is 7. The maximum absolute atomic E-state index is 11.9. The van der Waals surface area contributed by atoms with E-state index in [0.29, 0.717) is 35.3 Å². The first-order valence-corrected chi connectivity index (χ1v) is 11.4. The van der Waals surface area contributed by atoms with Gasteiger partial charge in [0, 0.05) is 34.6 Å². The second kappa shape index (κ2) is 9.44. The number of nitrogens with one attached hydrogen (secondary N) is 2. The molecular weight excluding hydrogens is 440 g/mol. The number of carboxylic acid groups (broad SMARTS) is 1. The lowest BCUT2D eigenvalue weighted by Gasteiger charge is -2.58. The molecule has 1 fully saturated rings. The van der Waals surface area contributed by atoms with E-state index in [4.69, 9.17) is 11.6 Å². The second-order valence-corrected chi connectivity index (χ2v) is 10.4. The van der Waals surface area contributed by atoms with Crippen molar-refractivity contribution < 1.29 is 9.90 Å². The smallest absolute Gasteiger partial charge is 0.408 e. The molecule has 0 spiro atoms. The summed E-state index contributed by atoms with van der Waals surface area (Å²) in [6, 6.07) is 9.63. The average Bonchev–Trinajstić information content (AvgIpc) is 2.72. The molecule has 1 saturated carbocycles. The molecule has 2 aromatic rings. The molecule has 8 nitrogen and oxygen atoms in total. The van der Waals surface area contributed by atoms with E-state index in [1.807, 2.05) is 58.9 Å². The first kappa shape index (κ1) is 24.6. The van der Waals surface area contributed by atoms with Crippen molar-refractivity contribution in [1.82, 2.24) is 14.9 Å². The Morgan fingerprint density at radius 2 is 2.12 bits per heavy atom. The molecular formula is C24H31ClN6O2. The van der Waals surface area contributed by atoms with Crippen LogP contribution in [0.4, 0.5) is 16.6 Å². The number of nitrogens with zero attached hydrogens (tertiary/aromatic N) is 4. The van der Waals surface area contributed by atoms with Gasteiger partial charge in [0.2, 0.25) is 5.95 Å². The van der Waals surface area contributed by atoms with Crippen LogP contribution in [0.5, 0.6) is 0 Å². The van der Waals surface area contributed by atoms with Crippen molar-refractivity contribution in [1.29, 1.82) is 5.26 Å². The molecule has 0 bridgehead atoms. The summed E-state index contributed by atoms with van der Waals surface area (Å²) < 4.78 is 0. The first-order valence-electron chi connectivity index (χ1n) is 11.0. The highest BCUT2D eigenvalue weighted by Gasteiger charge is 2.54. The van der Waals surface area contributed by atoms with Gasteiger partial charge in [-0.25, -0.2) is 9.78 Å². The molecule has 1 aliphatic rings. The molecule has 1 heterocycles. The Morgan fingerprint density at radius 3 is 2.70 bits per heavy atom. The van der Waals surface area contributed by atoms with E-state index in [-0.39, 0.29) is 17.5 Å². The predicted octanol–water partition coefficient (Wildman–Crippen LogP) is 5.01. The first-order chi connectivity index (χ1) is 15.4. The molecule has 0 radical (unpaired) electrons. The highest BCUT2D eigenvalue weighted by atomic mass is 35.5.